The zero-order valence-electron chi connectivity index (χ0n) is 19.1. The molecule has 182 valence electrons. The van der Waals surface area contributed by atoms with E-state index in [0.717, 1.165) is 18.9 Å². The molecule has 4 rings (SSSR count). The molecule has 35 heavy (non-hydrogen) atoms. The Kier molecular flexibility index (Phi) is 6.84. The fraction of sp³-hybridized carbons (Fsp3) is 0.417. The first-order valence-corrected chi connectivity index (χ1v) is 11.2. The van der Waals surface area contributed by atoms with Crippen molar-refractivity contribution in [1.82, 2.24) is 19.8 Å². The van der Waals surface area contributed by atoms with E-state index < -0.39 is 17.5 Å². The minimum atomic E-state index is -4.05. The molecule has 0 radical (unpaired) electrons. The van der Waals surface area contributed by atoms with E-state index in [0.29, 0.717) is 48.4 Å². The molecular weight excluding hydrogens is 458 g/mol. The van der Waals surface area contributed by atoms with Crippen LogP contribution >= 0.6 is 0 Å². The summed E-state index contributed by atoms with van der Waals surface area (Å²) in [4.78, 5) is 47.3. The van der Waals surface area contributed by atoms with Crippen LogP contribution in [0.2, 0.25) is 0 Å². The number of amides is 2. The molecule has 1 aliphatic carbocycles. The van der Waals surface area contributed by atoms with E-state index in [2.05, 4.69) is 15.3 Å². The molecule has 0 atom stereocenters. The number of carbonyl (C=O) groups excluding carboxylic acids is 3. The Labute approximate surface area is 200 Å². The summed E-state index contributed by atoms with van der Waals surface area (Å²) in [5.41, 5.74) is 0.153. The Balaban J connectivity index is 1.50. The van der Waals surface area contributed by atoms with Crippen LogP contribution in [0, 0.1) is 17.2 Å². The number of pyridine rings is 2. The lowest BCUT2D eigenvalue weighted by Crippen LogP contribution is -2.48. The first-order valence-electron chi connectivity index (χ1n) is 11.2. The number of nitriles is 1. The van der Waals surface area contributed by atoms with Gasteiger partial charge in [0, 0.05) is 31.4 Å². The van der Waals surface area contributed by atoms with Gasteiger partial charge in [-0.25, -0.2) is 9.97 Å². The van der Waals surface area contributed by atoms with E-state index in [1.807, 2.05) is 18.0 Å². The number of aromatic nitrogens is 2. The van der Waals surface area contributed by atoms with Crippen molar-refractivity contribution >= 4 is 23.9 Å². The van der Waals surface area contributed by atoms with Gasteiger partial charge in [0.25, 0.3) is 0 Å². The number of nitrogens with one attached hydrogen (secondary N) is 1. The summed E-state index contributed by atoms with van der Waals surface area (Å²) in [5, 5.41) is 11.3. The second-order valence-corrected chi connectivity index (χ2v) is 8.93. The molecular formula is C24H24F2N6O3. The molecule has 1 saturated carbocycles. The number of aldehydes is 1. The highest BCUT2D eigenvalue weighted by Gasteiger charge is 2.43. The lowest BCUT2D eigenvalue weighted by Gasteiger charge is -2.32. The van der Waals surface area contributed by atoms with Crippen molar-refractivity contribution in [2.75, 3.05) is 32.0 Å². The largest absolute Gasteiger partial charge is 0.366 e. The fourth-order valence-electron chi connectivity index (χ4n) is 3.89. The standard InChI is InChI=1S/C24H24F2N6O3/c1-31-6-7-32(22(34)13-31)12-16-4-5-20(29-19(16)14-33)24(25,26)23(35)30-21-9-17(8-15-2-3-15)18(10-27)11-28-21/h4-5,9,11,14-15H,2-3,6-8,12-13H2,1H3,(H,28,30,35). The van der Waals surface area contributed by atoms with Gasteiger partial charge in [-0.3, -0.25) is 19.3 Å². The molecule has 2 amide bonds. The zero-order chi connectivity index (χ0) is 25.2. The molecule has 0 aromatic carbocycles. The van der Waals surface area contributed by atoms with Crippen molar-refractivity contribution in [3.8, 4) is 6.07 Å². The third kappa shape index (κ3) is 5.49. The Bertz CT molecular complexity index is 1210. The first kappa shape index (κ1) is 24.3. The average Bonchev–Trinajstić information content (AvgIpc) is 3.65. The van der Waals surface area contributed by atoms with Crippen LogP contribution in [0.25, 0.3) is 0 Å². The molecule has 0 spiro atoms. The summed E-state index contributed by atoms with van der Waals surface area (Å²) in [5.74, 6) is -5.49. The molecule has 0 unspecified atom stereocenters. The van der Waals surface area contributed by atoms with Crippen molar-refractivity contribution in [2.24, 2.45) is 5.92 Å². The lowest BCUT2D eigenvalue weighted by atomic mass is 10.0. The van der Waals surface area contributed by atoms with E-state index in [1.165, 1.54) is 23.2 Å². The maximum atomic E-state index is 15.0. The summed E-state index contributed by atoms with van der Waals surface area (Å²) < 4.78 is 29.9. The lowest BCUT2D eigenvalue weighted by molar-refractivity contribution is -0.141. The van der Waals surface area contributed by atoms with Gasteiger partial charge in [0.2, 0.25) is 5.91 Å². The molecule has 2 aromatic heterocycles. The highest BCUT2D eigenvalue weighted by atomic mass is 19.3. The third-order valence-electron chi connectivity index (χ3n) is 6.16. The zero-order valence-corrected chi connectivity index (χ0v) is 19.1. The number of carbonyl (C=O) groups is 3. The molecule has 1 saturated heterocycles. The minimum Gasteiger partial charge on any atom is -0.336 e. The Hall–Kier alpha value is -3.78. The van der Waals surface area contributed by atoms with Crippen LogP contribution in [0.5, 0.6) is 0 Å². The van der Waals surface area contributed by atoms with Crippen LogP contribution in [-0.4, -0.2) is 64.6 Å². The Morgan fingerprint density at radius 1 is 1.31 bits per heavy atom. The summed E-state index contributed by atoms with van der Waals surface area (Å²) in [6.07, 6.45) is 4.28. The molecule has 3 heterocycles. The molecule has 11 heteroatoms. The predicted molar refractivity (Wildman–Crippen MR) is 120 cm³/mol. The van der Waals surface area contributed by atoms with E-state index in [9.17, 15) is 28.4 Å². The molecule has 2 fully saturated rings. The maximum Gasteiger partial charge on any atom is 0.366 e. The van der Waals surface area contributed by atoms with Gasteiger partial charge in [-0.2, -0.15) is 14.0 Å². The van der Waals surface area contributed by atoms with Gasteiger partial charge < -0.3 is 10.2 Å². The Morgan fingerprint density at radius 3 is 2.74 bits per heavy atom. The summed E-state index contributed by atoms with van der Waals surface area (Å²) in [6, 6.07) is 5.72. The predicted octanol–water partition coefficient (Wildman–Crippen LogP) is 2.12. The van der Waals surface area contributed by atoms with Crippen LogP contribution in [0.1, 0.15) is 45.7 Å². The smallest absolute Gasteiger partial charge is 0.336 e. The maximum absolute atomic E-state index is 15.0. The highest BCUT2D eigenvalue weighted by Crippen LogP contribution is 2.34. The van der Waals surface area contributed by atoms with E-state index in [1.54, 1.807) is 0 Å². The van der Waals surface area contributed by atoms with Gasteiger partial charge in [-0.05, 0) is 49.9 Å². The number of anilines is 1. The highest BCUT2D eigenvalue weighted by molar-refractivity contribution is 5.96. The molecule has 9 nitrogen and oxygen atoms in total. The monoisotopic (exact) mass is 482 g/mol. The van der Waals surface area contributed by atoms with Gasteiger partial charge in [-0.1, -0.05) is 6.07 Å². The normalized spacial score (nSPS) is 16.6. The van der Waals surface area contributed by atoms with Crippen molar-refractivity contribution in [3.63, 3.8) is 0 Å². The van der Waals surface area contributed by atoms with Crippen LogP contribution in [0.4, 0.5) is 14.6 Å². The topological polar surface area (TPSA) is 119 Å². The summed E-state index contributed by atoms with van der Waals surface area (Å²) >= 11 is 0. The number of likely N-dealkylation sites (N-methyl/N-ethyl adjacent to an activating group) is 1. The molecule has 1 aliphatic heterocycles. The van der Waals surface area contributed by atoms with Gasteiger partial charge in [0.05, 0.1) is 12.1 Å². The summed E-state index contributed by atoms with van der Waals surface area (Å²) in [6.45, 7) is 1.38. The van der Waals surface area contributed by atoms with Crippen LogP contribution in [0.15, 0.2) is 24.4 Å². The minimum absolute atomic E-state index is 0.0602. The second-order valence-electron chi connectivity index (χ2n) is 8.93. The van der Waals surface area contributed by atoms with Crippen molar-refractivity contribution in [3.05, 3.63) is 52.5 Å². The molecule has 2 aliphatic rings. The Morgan fingerprint density at radius 2 is 2.09 bits per heavy atom. The number of nitrogens with zero attached hydrogens (tertiary/aromatic N) is 5. The number of rotatable bonds is 8. The van der Waals surface area contributed by atoms with Crippen LogP contribution in [-0.2, 0) is 28.5 Å². The first-order chi connectivity index (χ1) is 16.7. The van der Waals surface area contributed by atoms with Crippen LogP contribution in [0.3, 0.4) is 0 Å². The molecule has 1 N–H and O–H groups in total. The van der Waals surface area contributed by atoms with Gasteiger partial charge in [0.1, 0.15) is 23.3 Å². The number of alkyl halides is 2. The quantitative estimate of drug-likeness (QED) is 0.573. The molecule has 2 aromatic rings. The van der Waals surface area contributed by atoms with Gasteiger partial charge >= 0.3 is 11.8 Å². The van der Waals surface area contributed by atoms with E-state index in [-0.39, 0.29) is 30.5 Å². The number of halogens is 2. The van der Waals surface area contributed by atoms with Gasteiger partial charge in [0.15, 0.2) is 6.29 Å². The van der Waals surface area contributed by atoms with Crippen molar-refractivity contribution in [1.29, 1.82) is 5.26 Å². The van der Waals surface area contributed by atoms with Crippen LogP contribution < -0.4 is 5.32 Å². The number of piperazine rings is 1. The van der Waals surface area contributed by atoms with E-state index >= 15 is 0 Å². The summed E-state index contributed by atoms with van der Waals surface area (Å²) in [7, 11) is 1.82. The van der Waals surface area contributed by atoms with E-state index in [4.69, 9.17) is 0 Å². The SMILES string of the molecule is CN1CCN(Cc2ccc(C(F)(F)C(=O)Nc3cc(CC4CC4)c(C#N)cn3)nc2C=O)C(=O)C1. The van der Waals surface area contributed by atoms with Gasteiger partial charge in [-0.15, -0.1) is 0 Å². The van der Waals surface area contributed by atoms with Crippen molar-refractivity contribution in [2.45, 2.75) is 31.7 Å². The molecule has 0 bridgehead atoms. The average molecular weight is 482 g/mol. The fourth-order valence-corrected chi connectivity index (χ4v) is 3.89. The number of hydrogen-bond donors (Lipinski definition) is 1. The number of hydrogen-bond acceptors (Lipinski definition) is 7. The third-order valence-corrected chi connectivity index (χ3v) is 6.16. The van der Waals surface area contributed by atoms with Crippen molar-refractivity contribution < 1.29 is 23.2 Å². The second kappa shape index (κ2) is 9.84.